The summed E-state index contributed by atoms with van der Waals surface area (Å²) in [6.45, 7) is 17.1. The van der Waals surface area contributed by atoms with Gasteiger partial charge in [0, 0.05) is 19.6 Å². The molecular formula is C13H30N2O. The Kier molecular flexibility index (Phi) is 8.90. The molecule has 0 aliphatic carbocycles. The van der Waals surface area contributed by atoms with Gasteiger partial charge < -0.3 is 15.0 Å². The van der Waals surface area contributed by atoms with E-state index >= 15 is 0 Å². The van der Waals surface area contributed by atoms with Crippen molar-refractivity contribution >= 4 is 0 Å². The first-order valence-electron chi connectivity index (χ1n) is 6.62. The fraction of sp³-hybridized carbons (Fsp3) is 1.00. The van der Waals surface area contributed by atoms with Crippen molar-refractivity contribution in [2.75, 3.05) is 39.3 Å². The Hall–Kier alpha value is -0.120. The summed E-state index contributed by atoms with van der Waals surface area (Å²) in [5.41, 5.74) is 0.0283. The van der Waals surface area contributed by atoms with E-state index in [2.05, 4.69) is 44.8 Å². The molecule has 0 radical (unpaired) electrons. The summed E-state index contributed by atoms with van der Waals surface area (Å²) < 4.78 is 5.76. The molecule has 0 heterocycles. The molecule has 0 rings (SSSR count). The molecule has 0 bridgehead atoms. The van der Waals surface area contributed by atoms with Crippen molar-refractivity contribution in [2.45, 2.75) is 46.6 Å². The van der Waals surface area contributed by atoms with Gasteiger partial charge in [0.05, 0.1) is 12.2 Å². The average Bonchev–Trinajstić information content (AvgIpc) is 2.28. The van der Waals surface area contributed by atoms with Gasteiger partial charge in [0.25, 0.3) is 0 Å². The summed E-state index contributed by atoms with van der Waals surface area (Å²) in [5, 5.41) is 3.41. The number of nitrogens with zero attached hydrogens (tertiary/aromatic N) is 1. The summed E-state index contributed by atoms with van der Waals surface area (Å²) >= 11 is 0. The van der Waals surface area contributed by atoms with E-state index in [0.717, 1.165) is 45.8 Å². The number of nitrogens with one attached hydrogen (secondary N) is 1. The van der Waals surface area contributed by atoms with Crippen LogP contribution in [0.1, 0.15) is 41.0 Å². The van der Waals surface area contributed by atoms with Gasteiger partial charge in [-0.1, -0.05) is 20.8 Å². The Bertz CT molecular complexity index is 156. The van der Waals surface area contributed by atoms with Crippen LogP contribution in [0.4, 0.5) is 0 Å². The molecule has 0 spiro atoms. The third-order valence-corrected chi connectivity index (χ3v) is 3.12. The van der Waals surface area contributed by atoms with Crippen LogP contribution < -0.4 is 5.32 Å². The Labute approximate surface area is 102 Å². The molecule has 0 aromatic carbocycles. The molecule has 98 valence electrons. The molecule has 0 aliphatic rings. The SMILES string of the molecule is CCN(CC)CCNCCOC(C)(C)CC. The Morgan fingerprint density at radius 3 is 2.19 bits per heavy atom. The van der Waals surface area contributed by atoms with Crippen LogP contribution in [0.15, 0.2) is 0 Å². The van der Waals surface area contributed by atoms with Crippen molar-refractivity contribution < 1.29 is 4.74 Å². The maximum Gasteiger partial charge on any atom is 0.0624 e. The molecule has 0 saturated carbocycles. The van der Waals surface area contributed by atoms with Crippen molar-refractivity contribution in [1.29, 1.82) is 0 Å². The maximum atomic E-state index is 5.76. The van der Waals surface area contributed by atoms with Gasteiger partial charge in [0.2, 0.25) is 0 Å². The summed E-state index contributed by atoms with van der Waals surface area (Å²) in [5.74, 6) is 0. The first-order chi connectivity index (χ1) is 7.55. The fourth-order valence-electron chi connectivity index (χ4n) is 1.40. The third kappa shape index (κ3) is 8.08. The minimum atomic E-state index is 0.0283. The van der Waals surface area contributed by atoms with Crippen LogP contribution in [-0.4, -0.2) is 49.8 Å². The third-order valence-electron chi connectivity index (χ3n) is 3.12. The average molecular weight is 230 g/mol. The summed E-state index contributed by atoms with van der Waals surface area (Å²) in [6, 6.07) is 0. The number of ether oxygens (including phenoxy) is 1. The predicted molar refractivity (Wildman–Crippen MR) is 71.0 cm³/mol. The second-order valence-electron chi connectivity index (χ2n) is 4.74. The maximum absolute atomic E-state index is 5.76. The Morgan fingerprint density at radius 1 is 1.06 bits per heavy atom. The molecule has 0 amide bonds. The van der Waals surface area contributed by atoms with E-state index < -0.39 is 0 Å². The van der Waals surface area contributed by atoms with E-state index in [1.54, 1.807) is 0 Å². The standard InChI is InChI=1S/C13H30N2O/c1-6-13(4,5)16-12-10-14-9-11-15(7-2)8-3/h14H,6-12H2,1-5H3. The van der Waals surface area contributed by atoms with E-state index in [9.17, 15) is 0 Å². The van der Waals surface area contributed by atoms with Crippen molar-refractivity contribution in [3.05, 3.63) is 0 Å². The topological polar surface area (TPSA) is 24.5 Å². The van der Waals surface area contributed by atoms with Gasteiger partial charge >= 0.3 is 0 Å². The van der Waals surface area contributed by atoms with Crippen LogP contribution in [0.5, 0.6) is 0 Å². The van der Waals surface area contributed by atoms with Gasteiger partial charge in [-0.15, -0.1) is 0 Å². The highest BCUT2D eigenvalue weighted by Gasteiger charge is 2.14. The van der Waals surface area contributed by atoms with E-state index in [1.807, 2.05) is 0 Å². The Balaban J connectivity index is 3.34. The lowest BCUT2D eigenvalue weighted by atomic mass is 10.1. The second kappa shape index (κ2) is 8.97. The highest BCUT2D eigenvalue weighted by Crippen LogP contribution is 2.12. The quantitative estimate of drug-likeness (QED) is 0.582. The summed E-state index contributed by atoms with van der Waals surface area (Å²) in [6.07, 6.45) is 1.06. The number of likely N-dealkylation sites (N-methyl/N-ethyl adjacent to an activating group) is 1. The predicted octanol–water partition coefficient (Wildman–Crippen LogP) is 2.12. The van der Waals surface area contributed by atoms with Gasteiger partial charge in [-0.05, 0) is 33.4 Å². The first kappa shape index (κ1) is 15.9. The highest BCUT2D eigenvalue weighted by atomic mass is 16.5. The van der Waals surface area contributed by atoms with Gasteiger partial charge in [-0.2, -0.15) is 0 Å². The molecule has 0 atom stereocenters. The van der Waals surface area contributed by atoms with E-state index in [1.165, 1.54) is 0 Å². The van der Waals surface area contributed by atoms with Gasteiger partial charge in [-0.3, -0.25) is 0 Å². The molecule has 0 saturated heterocycles. The van der Waals surface area contributed by atoms with Gasteiger partial charge in [0.15, 0.2) is 0 Å². The van der Waals surface area contributed by atoms with Gasteiger partial charge in [-0.25, -0.2) is 0 Å². The molecule has 16 heavy (non-hydrogen) atoms. The zero-order chi connectivity index (χ0) is 12.4. The number of rotatable bonds is 10. The first-order valence-corrected chi connectivity index (χ1v) is 6.62. The number of hydrogen-bond acceptors (Lipinski definition) is 3. The second-order valence-corrected chi connectivity index (χ2v) is 4.74. The molecule has 0 unspecified atom stereocenters. The van der Waals surface area contributed by atoms with Crippen molar-refractivity contribution in [1.82, 2.24) is 10.2 Å². The Morgan fingerprint density at radius 2 is 1.69 bits per heavy atom. The minimum Gasteiger partial charge on any atom is -0.374 e. The molecular weight excluding hydrogens is 200 g/mol. The molecule has 0 aromatic rings. The summed E-state index contributed by atoms with van der Waals surface area (Å²) in [7, 11) is 0. The lowest BCUT2D eigenvalue weighted by Crippen LogP contribution is -2.34. The van der Waals surface area contributed by atoms with Crippen LogP contribution in [0.3, 0.4) is 0 Å². The van der Waals surface area contributed by atoms with Crippen molar-refractivity contribution in [3.8, 4) is 0 Å². The molecule has 0 aromatic heterocycles. The smallest absolute Gasteiger partial charge is 0.0624 e. The zero-order valence-electron chi connectivity index (χ0n) is 11.8. The van der Waals surface area contributed by atoms with Crippen molar-refractivity contribution in [2.24, 2.45) is 0 Å². The fourth-order valence-corrected chi connectivity index (χ4v) is 1.40. The van der Waals surface area contributed by atoms with Crippen LogP contribution in [0, 0.1) is 0 Å². The lowest BCUT2D eigenvalue weighted by Gasteiger charge is -2.24. The lowest BCUT2D eigenvalue weighted by molar-refractivity contribution is -0.0180. The molecule has 1 N–H and O–H groups in total. The zero-order valence-corrected chi connectivity index (χ0v) is 11.8. The molecule has 0 fully saturated rings. The number of hydrogen-bond donors (Lipinski definition) is 1. The minimum absolute atomic E-state index is 0.0283. The van der Waals surface area contributed by atoms with E-state index in [-0.39, 0.29) is 5.60 Å². The van der Waals surface area contributed by atoms with Crippen LogP contribution in [0.25, 0.3) is 0 Å². The van der Waals surface area contributed by atoms with Crippen LogP contribution in [-0.2, 0) is 4.74 Å². The highest BCUT2D eigenvalue weighted by molar-refractivity contribution is 4.65. The van der Waals surface area contributed by atoms with Gasteiger partial charge in [0.1, 0.15) is 0 Å². The van der Waals surface area contributed by atoms with E-state index in [4.69, 9.17) is 4.74 Å². The monoisotopic (exact) mass is 230 g/mol. The van der Waals surface area contributed by atoms with E-state index in [0.29, 0.717) is 0 Å². The summed E-state index contributed by atoms with van der Waals surface area (Å²) in [4.78, 5) is 2.42. The normalized spacial score (nSPS) is 12.4. The molecule has 3 heteroatoms. The molecule has 3 nitrogen and oxygen atoms in total. The molecule has 0 aliphatic heterocycles. The van der Waals surface area contributed by atoms with Crippen LogP contribution >= 0.6 is 0 Å². The largest absolute Gasteiger partial charge is 0.374 e. The van der Waals surface area contributed by atoms with Crippen molar-refractivity contribution in [3.63, 3.8) is 0 Å². The van der Waals surface area contributed by atoms with Crippen LogP contribution in [0.2, 0.25) is 0 Å².